The molecule has 5 nitrogen and oxygen atoms in total. The van der Waals surface area contributed by atoms with Crippen molar-refractivity contribution in [1.82, 2.24) is 9.96 Å². The standard InChI is InChI=1S/C13H21N3O2S/c1-13(3-2-4-15(9-13)5-6-17)16-7-10-11(18-16)8-19-12(10)14/h8,17H,2-7,9,14H2,1H3/t13-/m0/s1. The van der Waals surface area contributed by atoms with E-state index in [1.165, 1.54) is 0 Å². The van der Waals surface area contributed by atoms with Gasteiger partial charge in [0.25, 0.3) is 0 Å². The van der Waals surface area contributed by atoms with Crippen LogP contribution < -0.4 is 10.6 Å². The number of anilines is 1. The molecule has 0 radical (unpaired) electrons. The molecule has 6 heteroatoms. The summed E-state index contributed by atoms with van der Waals surface area (Å²) in [5.74, 6) is 0.919. The highest BCUT2D eigenvalue weighted by molar-refractivity contribution is 7.14. The number of β-amino-alcohol motifs (C(OH)–C–C–N with tert-alkyl or cyclic N) is 1. The number of nitrogens with zero attached hydrogens (tertiary/aromatic N) is 2. The van der Waals surface area contributed by atoms with Crippen LogP contribution in [0.4, 0.5) is 5.00 Å². The summed E-state index contributed by atoms with van der Waals surface area (Å²) in [6.45, 7) is 5.97. The maximum absolute atomic E-state index is 9.10. The zero-order chi connectivity index (χ0) is 13.5. The zero-order valence-corrected chi connectivity index (χ0v) is 12.1. The summed E-state index contributed by atoms with van der Waals surface area (Å²) in [6, 6.07) is 0. The lowest BCUT2D eigenvalue weighted by molar-refractivity contribution is -0.150. The monoisotopic (exact) mass is 283 g/mol. The summed E-state index contributed by atoms with van der Waals surface area (Å²) in [4.78, 5) is 8.28. The van der Waals surface area contributed by atoms with Crippen LogP contribution in [0, 0.1) is 0 Å². The summed E-state index contributed by atoms with van der Waals surface area (Å²) in [5.41, 5.74) is 7.10. The number of hydroxylamine groups is 2. The van der Waals surface area contributed by atoms with Gasteiger partial charge >= 0.3 is 0 Å². The number of hydrogen-bond donors (Lipinski definition) is 2. The molecule has 1 aromatic rings. The van der Waals surface area contributed by atoms with Crippen LogP contribution in [0.25, 0.3) is 0 Å². The molecule has 19 heavy (non-hydrogen) atoms. The van der Waals surface area contributed by atoms with E-state index in [9.17, 15) is 0 Å². The molecule has 0 bridgehead atoms. The number of aliphatic hydroxyl groups excluding tert-OH is 1. The van der Waals surface area contributed by atoms with Gasteiger partial charge in [-0.2, -0.15) is 0 Å². The highest BCUT2D eigenvalue weighted by atomic mass is 32.1. The Morgan fingerprint density at radius 1 is 1.58 bits per heavy atom. The van der Waals surface area contributed by atoms with Gasteiger partial charge in [0.05, 0.1) is 23.7 Å². The average molecular weight is 283 g/mol. The Hall–Kier alpha value is -0.820. The van der Waals surface area contributed by atoms with Gasteiger partial charge in [-0.15, -0.1) is 16.4 Å². The first kappa shape index (κ1) is 13.2. The van der Waals surface area contributed by atoms with Crippen molar-refractivity contribution >= 4 is 16.3 Å². The maximum Gasteiger partial charge on any atom is 0.164 e. The number of piperidine rings is 1. The molecule has 0 spiro atoms. The lowest BCUT2D eigenvalue weighted by atomic mass is 9.90. The Bertz CT molecular complexity index is 463. The molecule has 106 valence electrons. The average Bonchev–Trinajstić information content (AvgIpc) is 2.93. The fourth-order valence-electron chi connectivity index (χ4n) is 3.07. The Balaban J connectivity index is 1.72. The van der Waals surface area contributed by atoms with Crippen molar-refractivity contribution in [2.24, 2.45) is 0 Å². The van der Waals surface area contributed by atoms with Crippen LogP contribution in [0.15, 0.2) is 5.38 Å². The predicted molar refractivity (Wildman–Crippen MR) is 76.1 cm³/mol. The molecule has 1 aromatic heterocycles. The van der Waals surface area contributed by atoms with Gasteiger partial charge in [-0.05, 0) is 26.3 Å². The molecular formula is C13H21N3O2S. The topological polar surface area (TPSA) is 62.0 Å². The van der Waals surface area contributed by atoms with Crippen molar-refractivity contribution in [1.29, 1.82) is 0 Å². The molecule has 0 unspecified atom stereocenters. The molecule has 1 fully saturated rings. The Kier molecular flexibility index (Phi) is 3.42. The molecule has 0 aromatic carbocycles. The van der Waals surface area contributed by atoms with Gasteiger partial charge in [0, 0.05) is 24.0 Å². The first-order valence-corrected chi connectivity index (χ1v) is 7.65. The minimum Gasteiger partial charge on any atom is -0.404 e. The third kappa shape index (κ3) is 2.33. The molecule has 0 amide bonds. The van der Waals surface area contributed by atoms with E-state index in [4.69, 9.17) is 15.7 Å². The first-order chi connectivity index (χ1) is 9.12. The highest BCUT2D eigenvalue weighted by Gasteiger charge is 2.42. The van der Waals surface area contributed by atoms with E-state index in [2.05, 4.69) is 16.9 Å². The smallest absolute Gasteiger partial charge is 0.164 e. The van der Waals surface area contributed by atoms with Gasteiger partial charge in [-0.3, -0.25) is 4.90 Å². The summed E-state index contributed by atoms with van der Waals surface area (Å²) in [5, 5.41) is 14.0. The van der Waals surface area contributed by atoms with Gasteiger partial charge in [0.1, 0.15) is 0 Å². The summed E-state index contributed by atoms with van der Waals surface area (Å²) in [7, 11) is 0. The van der Waals surface area contributed by atoms with E-state index in [0.29, 0.717) is 0 Å². The van der Waals surface area contributed by atoms with E-state index in [0.717, 1.165) is 55.3 Å². The lowest BCUT2D eigenvalue weighted by Crippen LogP contribution is -2.56. The molecule has 0 aliphatic carbocycles. The molecule has 1 atom stereocenters. The first-order valence-electron chi connectivity index (χ1n) is 6.77. The molecular weight excluding hydrogens is 262 g/mol. The number of hydrogen-bond acceptors (Lipinski definition) is 6. The number of fused-ring (bicyclic) bond motifs is 1. The molecule has 1 saturated heterocycles. The van der Waals surface area contributed by atoms with Crippen molar-refractivity contribution in [2.75, 3.05) is 32.0 Å². The Labute approximate surface area is 117 Å². The number of thiophene rings is 1. The molecule has 3 N–H and O–H groups in total. The second-order valence-corrected chi connectivity index (χ2v) is 6.58. The zero-order valence-electron chi connectivity index (χ0n) is 11.3. The van der Waals surface area contributed by atoms with Gasteiger partial charge in [-0.1, -0.05) is 0 Å². The van der Waals surface area contributed by atoms with Crippen LogP contribution in [0.1, 0.15) is 25.3 Å². The van der Waals surface area contributed by atoms with Gasteiger partial charge in [0.2, 0.25) is 0 Å². The van der Waals surface area contributed by atoms with Crippen LogP contribution in [-0.4, -0.2) is 46.8 Å². The number of likely N-dealkylation sites (tertiary alicyclic amines) is 1. The van der Waals surface area contributed by atoms with Crippen LogP contribution in [0.3, 0.4) is 0 Å². The summed E-state index contributed by atoms with van der Waals surface area (Å²) in [6.07, 6.45) is 2.25. The fourth-order valence-corrected chi connectivity index (χ4v) is 3.79. The third-order valence-corrected chi connectivity index (χ3v) is 5.00. The quantitative estimate of drug-likeness (QED) is 0.875. The molecule has 3 rings (SSSR count). The van der Waals surface area contributed by atoms with E-state index >= 15 is 0 Å². The summed E-state index contributed by atoms with van der Waals surface area (Å²) >= 11 is 1.55. The Morgan fingerprint density at radius 3 is 3.16 bits per heavy atom. The fraction of sp³-hybridized carbons (Fsp3) is 0.692. The van der Waals surface area contributed by atoms with Gasteiger partial charge < -0.3 is 15.7 Å². The normalized spacial score (nSPS) is 28.3. The van der Waals surface area contributed by atoms with Crippen LogP contribution in [-0.2, 0) is 6.54 Å². The van der Waals surface area contributed by atoms with E-state index in [1.54, 1.807) is 11.3 Å². The largest absolute Gasteiger partial charge is 0.404 e. The van der Waals surface area contributed by atoms with Crippen LogP contribution >= 0.6 is 11.3 Å². The predicted octanol–water partition coefficient (Wildman–Crippen LogP) is 1.29. The minimum absolute atomic E-state index is 0.00343. The van der Waals surface area contributed by atoms with Crippen molar-refractivity contribution in [3.05, 3.63) is 10.9 Å². The number of rotatable bonds is 3. The molecule has 2 aliphatic rings. The molecule has 3 heterocycles. The van der Waals surface area contributed by atoms with Crippen molar-refractivity contribution in [2.45, 2.75) is 31.8 Å². The lowest BCUT2D eigenvalue weighted by Gasteiger charge is -2.44. The maximum atomic E-state index is 9.10. The van der Waals surface area contributed by atoms with Crippen molar-refractivity contribution in [3.63, 3.8) is 0 Å². The second-order valence-electron chi connectivity index (χ2n) is 5.67. The SMILES string of the molecule is C[C@]1(N2Cc3c(csc3N)O2)CCCN(CCO)C1. The number of aliphatic hydroxyl groups is 1. The van der Waals surface area contributed by atoms with Crippen LogP contribution in [0.5, 0.6) is 5.75 Å². The minimum atomic E-state index is -0.00343. The van der Waals surface area contributed by atoms with Crippen molar-refractivity contribution < 1.29 is 9.94 Å². The van der Waals surface area contributed by atoms with E-state index < -0.39 is 0 Å². The van der Waals surface area contributed by atoms with Crippen molar-refractivity contribution in [3.8, 4) is 5.75 Å². The van der Waals surface area contributed by atoms with Crippen LogP contribution in [0.2, 0.25) is 0 Å². The number of nitrogen functional groups attached to an aromatic ring is 1. The molecule has 2 aliphatic heterocycles. The third-order valence-electron chi connectivity index (χ3n) is 4.17. The van der Waals surface area contributed by atoms with E-state index in [-0.39, 0.29) is 12.1 Å². The van der Waals surface area contributed by atoms with Gasteiger partial charge in [0.15, 0.2) is 5.75 Å². The number of nitrogens with two attached hydrogens (primary N) is 1. The van der Waals surface area contributed by atoms with E-state index in [1.807, 2.05) is 5.38 Å². The van der Waals surface area contributed by atoms with Gasteiger partial charge in [-0.25, -0.2) is 0 Å². The Morgan fingerprint density at radius 2 is 2.42 bits per heavy atom. The second kappa shape index (κ2) is 4.94. The highest BCUT2D eigenvalue weighted by Crippen LogP contribution is 2.42. The molecule has 0 saturated carbocycles. The summed E-state index contributed by atoms with van der Waals surface area (Å²) < 4.78 is 0.